The molecule has 27 heavy (non-hydrogen) atoms. The Morgan fingerprint density at radius 2 is 1.63 bits per heavy atom. The number of nitrogens with one attached hydrogen (secondary N) is 1. The van der Waals surface area contributed by atoms with Gasteiger partial charge < -0.3 is 23.9 Å². The molecule has 0 aliphatic heterocycles. The SMILES string of the molecule is COc1ccccc1OCC(=O)NCc1nnc(-c2ccccc2OC)o1. The summed E-state index contributed by atoms with van der Waals surface area (Å²) in [6.45, 7) is -0.0653. The molecule has 8 heteroatoms. The Labute approximate surface area is 156 Å². The van der Waals surface area contributed by atoms with Crippen molar-refractivity contribution in [3.8, 4) is 28.7 Å². The molecule has 0 fully saturated rings. The molecule has 0 bridgehead atoms. The molecule has 0 saturated heterocycles. The van der Waals surface area contributed by atoms with Crippen LogP contribution in [0.2, 0.25) is 0 Å². The minimum atomic E-state index is -0.321. The van der Waals surface area contributed by atoms with Gasteiger partial charge in [0.15, 0.2) is 18.1 Å². The summed E-state index contributed by atoms with van der Waals surface area (Å²) in [6.07, 6.45) is 0. The van der Waals surface area contributed by atoms with Gasteiger partial charge in [0, 0.05) is 0 Å². The van der Waals surface area contributed by atoms with E-state index in [-0.39, 0.29) is 24.9 Å². The van der Waals surface area contributed by atoms with E-state index in [9.17, 15) is 4.79 Å². The van der Waals surface area contributed by atoms with Crippen LogP contribution in [0, 0.1) is 0 Å². The molecule has 0 unspecified atom stereocenters. The normalized spacial score (nSPS) is 10.3. The fourth-order valence-corrected chi connectivity index (χ4v) is 2.36. The number of hydrogen-bond acceptors (Lipinski definition) is 7. The first kappa shape index (κ1) is 18.2. The summed E-state index contributed by atoms with van der Waals surface area (Å²) in [5.74, 6) is 1.96. The third kappa shape index (κ3) is 4.55. The Balaban J connectivity index is 1.55. The van der Waals surface area contributed by atoms with Crippen molar-refractivity contribution < 1.29 is 23.4 Å². The van der Waals surface area contributed by atoms with Gasteiger partial charge in [-0.1, -0.05) is 24.3 Å². The molecule has 1 N–H and O–H groups in total. The number of amides is 1. The molecular weight excluding hydrogens is 350 g/mol. The van der Waals surface area contributed by atoms with Gasteiger partial charge in [-0.25, -0.2) is 0 Å². The van der Waals surface area contributed by atoms with Gasteiger partial charge in [-0.2, -0.15) is 0 Å². The number of nitrogens with zero attached hydrogens (tertiary/aromatic N) is 2. The molecule has 140 valence electrons. The van der Waals surface area contributed by atoms with Gasteiger partial charge in [0.2, 0.25) is 5.89 Å². The first-order valence-corrected chi connectivity index (χ1v) is 8.19. The van der Waals surface area contributed by atoms with Crippen LogP contribution in [0.1, 0.15) is 5.89 Å². The summed E-state index contributed by atoms with van der Waals surface area (Å²) < 4.78 is 21.5. The Hall–Kier alpha value is -3.55. The van der Waals surface area contributed by atoms with Crippen molar-refractivity contribution in [2.75, 3.05) is 20.8 Å². The van der Waals surface area contributed by atoms with Crippen LogP contribution < -0.4 is 19.5 Å². The summed E-state index contributed by atoms with van der Waals surface area (Å²) >= 11 is 0. The maximum Gasteiger partial charge on any atom is 0.258 e. The minimum Gasteiger partial charge on any atom is -0.496 e. The highest BCUT2D eigenvalue weighted by Gasteiger charge is 2.14. The van der Waals surface area contributed by atoms with Crippen LogP contribution in [0.15, 0.2) is 52.9 Å². The van der Waals surface area contributed by atoms with E-state index in [4.69, 9.17) is 18.6 Å². The van der Waals surface area contributed by atoms with Gasteiger partial charge in [-0.05, 0) is 24.3 Å². The van der Waals surface area contributed by atoms with Crippen LogP contribution in [0.4, 0.5) is 0 Å². The maximum atomic E-state index is 12.0. The highest BCUT2D eigenvalue weighted by molar-refractivity contribution is 5.77. The molecule has 0 aliphatic rings. The lowest BCUT2D eigenvalue weighted by Gasteiger charge is -2.09. The maximum absolute atomic E-state index is 12.0. The summed E-state index contributed by atoms with van der Waals surface area (Å²) in [5, 5.41) is 10.6. The Bertz CT molecular complexity index is 910. The molecule has 3 rings (SSSR count). The zero-order chi connectivity index (χ0) is 19.1. The van der Waals surface area contributed by atoms with E-state index < -0.39 is 0 Å². The largest absolute Gasteiger partial charge is 0.496 e. The van der Waals surface area contributed by atoms with Crippen LogP contribution in [-0.4, -0.2) is 36.9 Å². The van der Waals surface area contributed by atoms with E-state index in [1.165, 1.54) is 7.11 Å². The first-order valence-electron chi connectivity index (χ1n) is 8.19. The molecule has 2 aromatic carbocycles. The second-order valence-electron chi connectivity index (χ2n) is 5.42. The lowest BCUT2D eigenvalue weighted by Crippen LogP contribution is -2.28. The second-order valence-corrected chi connectivity index (χ2v) is 5.42. The number of aromatic nitrogens is 2. The quantitative estimate of drug-likeness (QED) is 0.651. The summed E-state index contributed by atoms with van der Waals surface area (Å²) in [7, 11) is 3.11. The molecule has 0 spiro atoms. The fourth-order valence-electron chi connectivity index (χ4n) is 2.36. The Morgan fingerprint density at radius 3 is 2.37 bits per heavy atom. The van der Waals surface area contributed by atoms with Crippen molar-refractivity contribution in [1.82, 2.24) is 15.5 Å². The number of carbonyl (C=O) groups is 1. The van der Waals surface area contributed by atoms with Crippen LogP contribution in [-0.2, 0) is 11.3 Å². The van der Waals surface area contributed by atoms with Crippen LogP contribution >= 0.6 is 0 Å². The number of para-hydroxylation sites is 3. The van der Waals surface area contributed by atoms with E-state index in [2.05, 4.69) is 15.5 Å². The van der Waals surface area contributed by atoms with Crippen LogP contribution in [0.25, 0.3) is 11.5 Å². The summed E-state index contributed by atoms with van der Waals surface area (Å²) in [5.41, 5.74) is 0.685. The van der Waals surface area contributed by atoms with Crippen molar-refractivity contribution in [3.05, 3.63) is 54.4 Å². The average molecular weight is 369 g/mol. The lowest BCUT2D eigenvalue weighted by atomic mass is 10.2. The van der Waals surface area contributed by atoms with Crippen molar-refractivity contribution in [2.45, 2.75) is 6.54 Å². The highest BCUT2D eigenvalue weighted by Crippen LogP contribution is 2.28. The third-order valence-corrected chi connectivity index (χ3v) is 3.67. The van der Waals surface area contributed by atoms with Gasteiger partial charge in [-0.15, -0.1) is 10.2 Å². The molecule has 8 nitrogen and oxygen atoms in total. The van der Waals surface area contributed by atoms with Crippen molar-refractivity contribution >= 4 is 5.91 Å². The Morgan fingerprint density at radius 1 is 0.963 bits per heavy atom. The van der Waals surface area contributed by atoms with Crippen LogP contribution in [0.3, 0.4) is 0 Å². The van der Waals surface area contributed by atoms with Crippen molar-refractivity contribution in [1.29, 1.82) is 0 Å². The molecule has 0 saturated carbocycles. The number of methoxy groups -OCH3 is 2. The zero-order valence-corrected chi connectivity index (χ0v) is 15.0. The van der Waals surface area contributed by atoms with Gasteiger partial charge in [-0.3, -0.25) is 4.79 Å². The molecule has 0 atom stereocenters. The number of ether oxygens (including phenoxy) is 3. The van der Waals surface area contributed by atoms with E-state index in [1.807, 2.05) is 24.3 Å². The average Bonchev–Trinajstić information content (AvgIpc) is 3.19. The molecule has 1 aromatic heterocycles. The monoisotopic (exact) mass is 369 g/mol. The van der Waals surface area contributed by atoms with Crippen molar-refractivity contribution in [2.24, 2.45) is 0 Å². The minimum absolute atomic E-state index is 0.0935. The number of hydrogen-bond donors (Lipinski definition) is 1. The highest BCUT2D eigenvalue weighted by atomic mass is 16.5. The molecule has 1 amide bonds. The summed E-state index contributed by atoms with van der Waals surface area (Å²) in [6, 6.07) is 14.4. The Kier molecular flexibility index (Phi) is 5.88. The predicted octanol–water partition coefficient (Wildman–Crippen LogP) is 2.45. The number of carbonyl (C=O) groups excluding carboxylic acids is 1. The lowest BCUT2D eigenvalue weighted by molar-refractivity contribution is -0.123. The van der Waals surface area contributed by atoms with Gasteiger partial charge >= 0.3 is 0 Å². The molecular formula is C19H19N3O5. The number of rotatable bonds is 8. The fraction of sp³-hybridized carbons (Fsp3) is 0.211. The van der Waals surface area contributed by atoms with Gasteiger partial charge in [0.05, 0.1) is 26.3 Å². The predicted molar refractivity (Wildman–Crippen MR) is 96.6 cm³/mol. The standard InChI is InChI=1S/C19H19N3O5/c1-24-14-8-4-3-7-13(14)19-22-21-18(27-19)11-20-17(23)12-26-16-10-6-5-9-15(16)25-2/h3-10H,11-12H2,1-2H3,(H,20,23). The van der Waals surface area contributed by atoms with E-state index in [1.54, 1.807) is 31.4 Å². The van der Waals surface area contributed by atoms with Gasteiger partial charge in [0.25, 0.3) is 11.8 Å². The molecule has 3 aromatic rings. The zero-order valence-electron chi connectivity index (χ0n) is 15.0. The second kappa shape index (κ2) is 8.70. The molecule has 1 heterocycles. The molecule has 0 aliphatic carbocycles. The van der Waals surface area contributed by atoms with Crippen molar-refractivity contribution in [3.63, 3.8) is 0 Å². The molecule has 0 radical (unpaired) electrons. The van der Waals surface area contributed by atoms with E-state index in [0.29, 0.717) is 28.7 Å². The van der Waals surface area contributed by atoms with Crippen LogP contribution in [0.5, 0.6) is 17.2 Å². The first-order chi connectivity index (χ1) is 13.2. The topological polar surface area (TPSA) is 95.7 Å². The van der Waals surface area contributed by atoms with E-state index >= 15 is 0 Å². The van der Waals surface area contributed by atoms with Gasteiger partial charge in [0.1, 0.15) is 5.75 Å². The summed E-state index contributed by atoms with van der Waals surface area (Å²) in [4.78, 5) is 12.0. The smallest absolute Gasteiger partial charge is 0.258 e. The third-order valence-electron chi connectivity index (χ3n) is 3.67. The van der Waals surface area contributed by atoms with E-state index in [0.717, 1.165) is 0 Å². The number of benzene rings is 2.